The van der Waals surface area contributed by atoms with Crippen LogP contribution in [0.5, 0.6) is 5.75 Å². The molecule has 0 bridgehead atoms. The Morgan fingerprint density at radius 3 is 2.50 bits per heavy atom. The number of halogens is 1. The lowest BCUT2D eigenvalue weighted by molar-refractivity contribution is 0.102. The molecule has 1 saturated carbocycles. The minimum atomic E-state index is -0.311. The summed E-state index contributed by atoms with van der Waals surface area (Å²) in [6, 6.07) is 15.2. The molecule has 1 N–H and O–H groups in total. The summed E-state index contributed by atoms with van der Waals surface area (Å²) in [5, 5.41) is 8.59. The van der Waals surface area contributed by atoms with Gasteiger partial charge in [0.05, 0.1) is 29.4 Å². The Morgan fingerprint density at radius 1 is 1.16 bits per heavy atom. The molecule has 2 heterocycles. The number of pyridine rings is 1. The molecule has 5 rings (SSSR count). The number of rotatable bonds is 6. The quantitative estimate of drug-likeness (QED) is 0.453. The van der Waals surface area contributed by atoms with Gasteiger partial charge in [-0.15, -0.1) is 0 Å². The average molecular weight is 430 g/mol. The van der Waals surface area contributed by atoms with Crippen LogP contribution in [0.4, 0.5) is 10.1 Å². The number of hydrogen-bond acceptors (Lipinski definition) is 4. The number of nitrogens with one attached hydrogen (secondary N) is 1. The Bertz CT molecular complexity index is 1290. The Hall–Kier alpha value is -3.74. The summed E-state index contributed by atoms with van der Waals surface area (Å²) in [6.07, 6.45) is 2.74. The lowest BCUT2D eigenvalue weighted by atomic mass is 10.1. The van der Waals surface area contributed by atoms with Crippen molar-refractivity contribution in [1.29, 1.82) is 0 Å². The zero-order chi connectivity index (χ0) is 22.2. The molecule has 7 heteroatoms. The normalized spacial score (nSPS) is 13.3. The van der Waals surface area contributed by atoms with Crippen LogP contribution in [0, 0.1) is 5.82 Å². The van der Waals surface area contributed by atoms with Crippen molar-refractivity contribution in [2.24, 2.45) is 0 Å². The fourth-order valence-electron chi connectivity index (χ4n) is 3.83. The van der Waals surface area contributed by atoms with Gasteiger partial charge >= 0.3 is 0 Å². The van der Waals surface area contributed by atoms with Gasteiger partial charge in [-0.1, -0.05) is 6.92 Å². The van der Waals surface area contributed by atoms with E-state index in [4.69, 9.17) is 14.8 Å². The smallest absolute Gasteiger partial charge is 0.256 e. The number of nitrogens with zero attached hydrogens (tertiary/aromatic N) is 3. The minimum Gasteiger partial charge on any atom is -0.497 e. The van der Waals surface area contributed by atoms with Crippen molar-refractivity contribution in [2.75, 3.05) is 12.4 Å². The molecule has 1 fully saturated rings. The van der Waals surface area contributed by atoms with Crippen LogP contribution in [0.1, 0.15) is 47.4 Å². The molecular formula is C25H23FN4O2. The first-order valence-corrected chi connectivity index (χ1v) is 10.7. The van der Waals surface area contributed by atoms with Crippen LogP contribution >= 0.6 is 0 Å². The highest BCUT2D eigenvalue weighted by molar-refractivity contribution is 6.13. The van der Waals surface area contributed by atoms with Crippen molar-refractivity contribution >= 4 is 22.6 Å². The summed E-state index contributed by atoms with van der Waals surface area (Å²) in [7, 11) is 1.60. The predicted molar refractivity (Wildman–Crippen MR) is 121 cm³/mol. The maximum atomic E-state index is 13.5. The zero-order valence-electron chi connectivity index (χ0n) is 17.9. The van der Waals surface area contributed by atoms with Crippen LogP contribution in [0.25, 0.3) is 16.7 Å². The van der Waals surface area contributed by atoms with Crippen LogP contribution in [-0.2, 0) is 6.42 Å². The van der Waals surface area contributed by atoms with Gasteiger partial charge in [0, 0.05) is 17.3 Å². The van der Waals surface area contributed by atoms with Gasteiger partial charge in [0.15, 0.2) is 5.65 Å². The Labute approximate surface area is 185 Å². The number of fused-ring (bicyclic) bond motifs is 1. The van der Waals surface area contributed by atoms with Gasteiger partial charge in [0.25, 0.3) is 5.91 Å². The molecule has 0 saturated heterocycles. The van der Waals surface area contributed by atoms with Gasteiger partial charge in [-0.05, 0) is 73.9 Å². The third kappa shape index (κ3) is 3.70. The van der Waals surface area contributed by atoms with E-state index in [0.29, 0.717) is 34.9 Å². The number of amides is 1. The van der Waals surface area contributed by atoms with Gasteiger partial charge in [0.2, 0.25) is 0 Å². The maximum absolute atomic E-state index is 13.5. The first-order chi connectivity index (χ1) is 15.6. The molecule has 162 valence electrons. The summed E-state index contributed by atoms with van der Waals surface area (Å²) in [5.41, 5.74) is 4.24. The maximum Gasteiger partial charge on any atom is 0.256 e. The standard InChI is InChI=1S/C25H23FN4O2/c1-3-17-14-21(25(31)28-18-8-12-20(32-2)13-9-18)22-23(15-4-5-15)29-30(24(22)27-17)19-10-6-16(26)7-11-19/h6-15H,3-5H2,1-2H3,(H,28,31). The van der Waals surface area contributed by atoms with E-state index >= 15 is 0 Å². The topological polar surface area (TPSA) is 69.0 Å². The first kappa shape index (κ1) is 20.2. The predicted octanol–water partition coefficient (Wildman–Crippen LogP) is 5.26. The lowest BCUT2D eigenvalue weighted by Gasteiger charge is -2.10. The molecule has 0 spiro atoms. The molecule has 0 atom stereocenters. The summed E-state index contributed by atoms with van der Waals surface area (Å²) < 4.78 is 20.4. The van der Waals surface area contributed by atoms with E-state index in [0.717, 1.165) is 35.4 Å². The van der Waals surface area contributed by atoms with Crippen LogP contribution in [0.2, 0.25) is 0 Å². The van der Waals surface area contributed by atoms with Crippen LogP contribution < -0.4 is 10.1 Å². The number of carbonyl (C=O) groups excluding carboxylic acids is 1. The second kappa shape index (κ2) is 8.07. The molecule has 0 unspecified atom stereocenters. The number of benzene rings is 2. The summed E-state index contributed by atoms with van der Waals surface area (Å²) in [5.74, 6) is 0.507. The average Bonchev–Trinajstić information content (AvgIpc) is 3.60. The fraction of sp³-hybridized carbons (Fsp3) is 0.240. The van der Waals surface area contributed by atoms with Crippen molar-refractivity contribution in [1.82, 2.24) is 14.8 Å². The highest BCUT2D eigenvalue weighted by atomic mass is 19.1. The third-order valence-electron chi connectivity index (χ3n) is 5.71. The van der Waals surface area contributed by atoms with Crippen molar-refractivity contribution < 1.29 is 13.9 Å². The molecule has 32 heavy (non-hydrogen) atoms. The molecule has 1 aliphatic rings. The van der Waals surface area contributed by atoms with E-state index in [-0.39, 0.29) is 11.7 Å². The van der Waals surface area contributed by atoms with Gasteiger partial charge in [0.1, 0.15) is 11.6 Å². The molecule has 1 amide bonds. The van der Waals surface area contributed by atoms with Gasteiger partial charge in [-0.3, -0.25) is 4.79 Å². The highest BCUT2D eigenvalue weighted by Crippen LogP contribution is 2.43. The van der Waals surface area contributed by atoms with E-state index in [1.807, 2.05) is 13.0 Å². The van der Waals surface area contributed by atoms with E-state index in [9.17, 15) is 9.18 Å². The number of methoxy groups -OCH3 is 1. The molecule has 0 aliphatic heterocycles. The van der Waals surface area contributed by atoms with Gasteiger partial charge < -0.3 is 10.1 Å². The summed E-state index contributed by atoms with van der Waals surface area (Å²) >= 11 is 0. The van der Waals surface area contributed by atoms with Crippen molar-refractivity contribution in [3.8, 4) is 11.4 Å². The zero-order valence-corrected chi connectivity index (χ0v) is 17.9. The Balaban J connectivity index is 1.64. The monoisotopic (exact) mass is 430 g/mol. The lowest BCUT2D eigenvalue weighted by Crippen LogP contribution is -2.14. The molecule has 0 radical (unpaired) electrons. The van der Waals surface area contributed by atoms with Crippen molar-refractivity contribution in [3.05, 3.63) is 77.4 Å². The number of aromatic nitrogens is 3. The third-order valence-corrected chi connectivity index (χ3v) is 5.71. The SMILES string of the molecule is CCc1cc(C(=O)Nc2ccc(OC)cc2)c2c(C3CC3)nn(-c3ccc(F)cc3)c2n1. The van der Waals surface area contributed by atoms with Crippen LogP contribution in [0.3, 0.4) is 0 Å². The first-order valence-electron chi connectivity index (χ1n) is 10.7. The van der Waals surface area contributed by atoms with Crippen molar-refractivity contribution in [2.45, 2.75) is 32.1 Å². The van der Waals surface area contributed by atoms with Gasteiger partial charge in [-0.25, -0.2) is 14.1 Å². The highest BCUT2D eigenvalue weighted by Gasteiger charge is 2.32. The van der Waals surface area contributed by atoms with E-state index in [1.165, 1.54) is 12.1 Å². The minimum absolute atomic E-state index is 0.210. The molecule has 1 aliphatic carbocycles. The number of hydrogen-bond donors (Lipinski definition) is 1. The fourth-order valence-corrected chi connectivity index (χ4v) is 3.83. The largest absolute Gasteiger partial charge is 0.497 e. The molecule has 2 aromatic heterocycles. The molecule has 2 aromatic carbocycles. The van der Waals surface area contributed by atoms with Crippen LogP contribution in [-0.4, -0.2) is 27.8 Å². The summed E-state index contributed by atoms with van der Waals surface area (Å²) in [4.78, 5) is 18.2. The van der Waals surface area contributed by atoms with Crippen molar-refractivity contribution in [3.63, 3.8) is 0 Å². The molecule has 4 aromatic rings. The van der Waals surface area contributed by atoms with E-state index in [1.54, 1.807) is 48.2 Å². The number of carbonyl (C=O) groups is 1. The van der Waals surface area contributed by atoms with E-state index in [2.05, 4.69) is 5.32 Å². The number of aryl methyl sites for hydroxylation is 1. The van der Waals surface area contributed by atoms with Crippen LogP contribution in [0.15, 0.2) is 54.6 Å². The second-order valence-corrected chi connectivity index (χ2v) is 7.94. The second-order valence-electron chi connectivity index (χ2n) is 7.94. The number of ether oxygens (including phenoxy) is 1. The summed E-state index contributed by atoms with van der Waals surface area (Å²) in [6.45, 7) is 2.00. The molecular weight excluding hydrogens is 407 g/mol. The van der Waals surface area contributed by atoms with Gasteiger partial charge in [-0.2, -0.15) is 5.10 Å². The number of anilines is 1. The molecule has 6 nitrogen and oxygen atoms in total. The Kier molecular flexibility index (Phi) is 5.09. The van der Waals surface area contributed by atoms with E-state index < -0.39 is 0 Å². The Morgan fingerprint density at radius 2 is 1.88 bits per heavy atom.